The maximum absolute atomic E-state index is 15.2. The third-order valence-electron chi connectivity index (χ3n) is 9.80. The molecule has 4 amide bonds. The summed E-state index contributed by atoms with van der Waals surface area (Å²) < 4.78 is 20.7. The molecule has 16 heteroatoms. The van der Waals surface area contributed by atoms with Crippen LogP contribution in [0.4, 0.5) is 15.3 Å². The summed E-state index contributed by atoms with van der Waals surface area (Å²) in [6.07, 6.45) is 4.52. The first-order valence-corrected chi connectivity index (χ1v) is 17.8. The molecule has 0 spiro atoms. The Labute approximate surface area is 296 Å². The summed E-state index contributed by atoms with van der Waals surface area (Å²) in [5.74, 6) is -2.94. The molecule has 0 radical (unpaired) electrons. The minimum Gasteiger partial charge on any atom is -0.381 e. The predicted octanol–water partition coefficient (Wildman–Crippen LogP) is 4.21. The highest BCUT2D eigenvalue weighted by Crippen LogP contribution is 2.35. The third-order valence-corrected chi connectivity index (χ3v) is 10.9. The smallest absolute Gasteiger partial charge is 0.265 e. The van der Waals surface area contributed by atoms with Crippen LogP contribution in [0.2, 0.25) is 5.02 Å². The van der Waals surface area contributed by atoms with Gasteiger partial charge in [-0.05, 0) is 55.9 Å². The first-order valence-electron chi connectivity index (χ1n) is 16.5. The zero-order valence-electron chi connectivity index (χ0n) is 27.0. The Morgan fingerprint density at radius 3 is 2.62 bits per heavy atom. The number of nitrogens with one attached hydrogen (secondary N) is 3. The first kappa shape index (κ1) is 34.0. The minimum atomic E-state index is -1.15. The highest BCUT2D eigenvalue weighted by Gasteiger charge is 2.46. The number of halogens is 2. The number of hydrogen-bond donors (Lipinski definition) is 3. The number of ether oxygens (including phenoxy) is 1. The minimum absolute atomic E-state index is 0.00520. The lowest BCUT2D eigenvalue weighted by molar-refractivity contribution is -0.136. The Kier molecular flexibility index (Phi) is 9.53. The predicted molar refractivity (Wildman–Crippen MR) is 182 cm³/mol. The quantitative estimate of drug-likeness (QED) is 0.271. The second-order valence-corrected chi connectivity index (χ2v) is 14.4. The number of likely N-dealkylation sites (tertiary alicyclic amines) is 1. The van der Waals surface area contributed by atoms with E-state index in [0.29, 0.717) is 79.5 Å². The van der Waals surface area contributed by atoms with Gasteiger partial charge in [0.1, 0.15) is 17.7 Å². The van der Waals surface area contributed by atoms with Crippen LogP contribution in [-0.2, 0) is 20.9 Å². The number of carbonyl (C=O) groups excluding carboxylic acids is 4. The number of fused-ring (bicyclic) bond motifs is 1. The van der Waals surface area contributed by atoms with Gasteiger partial charge in [0.05, 0.1) is 33.3 Å². The van der Waals surface area contributed by atoms with Crippen molar-refractivity contribution in [1.82, 2.24) is 25.1 Å². The van der Waals surface area contributed by atoms with Gasteiger partial charge in [-0.25, -0.2) is 14.4 Å². The van der Waals surface area contributed by atoms with Crippen molar-refractivity contribution in [1.29, 1.82) is 5.26 Å². The van der Waals surface area contributed by atoms with Crippen molar-refractivity contribution in [3.05, 3.63) is 57.3 Å². The molecule has 260 valence electrons. The lowest BCUT2D eigenvalue weighted by Crippen LogP contribution is -2.54. The zero-order valence-corrected chi connectivity index (χ0v) is 28.5. The Hall–Kier alpha value is -4.49. The van der Waals surface area contributed by atoms with Gasteiger partial charge in [-0.1, -0.05) is 11.6 Å². The number of thiazole rings is 1. The van der Waals surface area contributed by atoms with Crippen molar-refractivity contribution in [3.63, 3.8) is 0 Å². The zero-order chi connectivity index (χ0) is 35.0. The molecule has 3 aromatic rings. The Morgan fingerprint density at radius 1 is 1.10 bits per heavy atom. The Bertz CT molecular complexity index is 1900. The van der Waals surface area contributed by atoms with E-state index in [1.165, 1.54) is 23.5 Å². The molecule has 1 atom stereocenters. The van der Waals surface area contributed by atoms with Crippen molar-refractivity contribution in [2.75, 3.05) is 43.5 Å². The van der Waals surface area contributed by atoms with Crippen LogP contribution in [0.3, 0.4) is 0 Å². The van der Waals surface area contributed by atoms with E-state index < -0.39 is 40.9 Å². The number of hydrogen-bond acceptors (Lipinski definition) is 12. The highest BCUT2D eigenvalue weighted by molar-refractivity contribution is 7.14. The number of nitrogens with zero attached hydrogens (tertiary/aromatic N) is 5. The summed E-state index contributed by atoms with van der Waals surface area (Å²) in [5, 5.41) is 21.8. The Morgan fingerprint density at radius 2 is 1.88 bits per heavy atom. The molecule has 3 fully saturated rings. The van der Waals surface area contributed by atoms with E-state index in [1.807, 2.05) is 11.4 Å². The lowest BCUT2D eigenvalue weighted by Gasteiger charge is -2.32. The fourth-order valence-corrected chi connectivity index (χ4v) is 7.83. The normalized spacial score (nSPS) is 21.1. The van der Waals surface area contributed by atoms with Gasteiger partial charge in [-0.2, -0.15) is 5.26 Å². The molecule has 1 aromatic carbocycles. The maximum Gasteiger partial charge on any atom is 0.265 e. The summed E-state index contributed by atoms with van der Waals surface area (Å²) in [5.41, 5.74) is 1.13. The molecule has 13 nitrogen and oxygen atoms in total. The van der Waals surface area contributed by atoms with Crippen molar-refractivity contribution in [2.24, 2.45) is 5.41 Å². The second kappa shape index (κ2) is 14.0. The van der Waals surface area contributed by atoms with E-state index in [1.54, 1.807) is 6.20 Å². The van der Waals surface area contributed by atoms with Gasteiger partial charge in [-0.15, -0.1) is 11.3 Å². The van der Waals surface area contributed by atoms with Crippen LogP contribution < -0.4 is 16.0 Å². The van der Waals surface area contributed by atoms with Crippen molar-refractivity contribution in [2.45, 2.75) is 57.2 Å². The second-order valence-electron chi connectivity index (χ2n) is 13.1. The largest absolute Gasteiger partial charge is 0.381 e. The van der Waals surface area contributed by atoms with Crippen LogP contribution >= 0.6 is 22.9 Å². The number of nitriles is 1. The van der Waals surface area contributed by atoms with Gasteiger partial charge in [0.25, 0.3) is 11.8 Å². The fourth-order valence-electron chi connectivity index (χ4n) is 6.92. The lowest BCUT2D eigenvalue weighted by atomic mass is 9.82. The van der Waals surface area contributed by atoms with Gasteiger partial charge < -0.3 is 15.4 Å². The molecule has 6 heterocycles. The number of aromatic nitrogens is 2. The molecule has 4 aliphatic heterocycles. The van der Waals surface area contributed by atoms with Crippen LogP contribution in [0.25, 0.3) is 11.3 Å². The van der Waals surface area contributed by atoms with Crippen LogP contribution in [0, 0.1) is 22.6 Å². The molecular weight excluding hydrogens is 687 g/mol. The summed E-state index contributed by atoms with van der Waals surface area (Å²) >= 11 is 7.99. The monoisotopic (exact) mass is 720 g/mol. The van der Waals surface area contributed by atoms with Crippen LogP contribution in [0.15, 0.2) is 29.8 Å². The number of carbonyl (C=O) groups is 4. The van der Waals surface area contributed by atoms with Crippen molar-refractivity contribution < 1.29 is 28.3 Å². The van der Waals surface area contributed by atoms with E-state index in [2.05, 4.69) is 31.9 Å². The summed E-state index contributed by atoms with van der Waals surface area (Å²) in [7, 11) is 0. The summed E-state index contributed by atoms with van der Waals surface area (Å²) in [6.45, 7) is 3.43. The molecular formula is C34H34ClFN8O5S. The number of anilines is 2. The number of rotatable bonds is 9. The number of imide groups is 2. The third kappa shape index (κ3) is 6.80. The summed E-state index contributed by atoms with van der Waals surface area (Å²) in [4.78, 5) is 62.3. The number of benzene rings is 1. The molecule has 1 unspecified atom stereocenters. The van der Waals surface area contributed by atoms with Crippen LogP contribution in [-0.4, -0.2) is 88.3 Å². The average molecular weight is 721 g/mol. The summed E-state index contributed by atoms with van der Waals surface area (Å²) in [6, 6.07) is 6.11. The van der Waals surface area contributed by atoms with E-state index in [-0.39, 0.29) is 30.0 Å². The number of pyridine rings is 1. The van der Waals surface area contributed by atoms with Crippen LogP contribution in [0.5, 0.6) is 0 Å². The van der Waals surface area contributed by atoms with E-state index >= 15 is 4.39 Å². The molecule has 50 heavy (non-hydrogen) atoms. The number of piperidine rings is 2. The first-order chi connectivity index (χ1) is 24.1. The van der Waals surface area contributed by atoms with Gasteiger partial charge >= 0.3 is 0 Å². The standard InChI is InChI=1S/C34H34ClFN8O5S/c35-23-14-38-27(13-21(23)25-16-50-33(41-25)39-18-34(17-37)5-9-49-10-6-34)40-20-3-7-43(8-4-20)15-19-11-22-29(24(36)12-19)32(48)44(31(22)47)26-1-2-28(45)42-30(26)46/h11-14,16,20,26H,1-10,15,18H2,(H,38,40)(H,39,41)(H,42,45,46). The SMILES string of the molecule is N#CC1(CNc2nc(-c3cc(NC4CCN(Cc5cc(F)c6c(c5)C(=O)N(C5CCC(=O)NC5=O)C6=O)CC4)ncc3Cl)cs2)CCOCC1. The van der Waals surface area contributed by atoms with Gasteiger partial charge in [-0.3, -0.25) is 34.3 Å². The Balaban J connectivity index is 0.948. The molecule has 2 aromatic heterocycles. The number of amides is 4. The van der Waals surface area contributed by atoms with E-state index in [9.17, 15) is 24.4 Å². The fraction of sp³-hybridized carbons (Fsp3) is 0.441. The van der Waals surface area contributed by atoms with E-state index in [0.717, 1.165) is 23.3 Å². The average Bonchev–Trinajstić information content (AvgIpc) is 3.68. The molecule has 4 aliphatic rings. The van der Waals surface area contributed by atoms with Crippen molar-refractivity contribution >= 4 is 57.5 Å². The molecule has 0 saturated carbocycles. The van der Waals surface area contributed by atoms with Gasteiger partial charge in [0.2, 0.25) is 11.8 Å². The van der Waals surface area contributed by atoms with Crippen LogP contribution in [0.1, 0.15) is 64.8 Å². The molecule has 7 rings (SSSR count). The van der Waals surface area contributed by atoms with E-state index in [4.69, 9.17) is 21.3 Å². The van der Waals surface area contributed by atoms with Crippen molar-refractivity contribution in [3.8, 4) is 17.3 Å². The molecule has 3 saturated heterocycles. The topological polar surface area (TPSA) is 170 Å². The molecule has 0 bridgehead atoms. The highest BCUT2D eigenvalue weighted by atomic mass is 35.5. The van der Waals surface area contributed by atoms with Gasteiger partial charge in [0.15, 0.2) is 5.13 Å². The maximum atomic E-state index is 15.2. The molecule has 3 N–H and O–H groups in total. The van der Waals surface area contributed by atoms with Gasteiger partial charge in [0, 0.05) is 69.0 Å². The molecule has 0 aliphatic carbocycles.